The van der Waals surface area contributed by atoms with E-state index in [0.717, 1.165) is 66.4 Å². The number of hydrogen-bond acceptors (Lipinski definition) is 7. The van der Waals surface area contributed by atoms with Gasteiger partial charge in [0.05, 0.1) is 22.5 Å². The number of aliphatic imine (C=N–C) groups is 1. The van der Waals surface area contributed by atoms with E-state index in [1.165, 1.54) is 5.57 Å². The van der Waals surface area contributed by atoms with Crippen LogP contribution >= 0.6 is 11.3 Å². The Morgan fingerprint density at radius 2 is 2.27 bits per heavy atom. The first-order valence-electron chi connectivity index (χ1n) is 12.1. The van der Waals surface area contributed by atoms with Gasteiger partial charge in [-0.2, -0.15) is 5.26 Å². The maximum atomic E-state index is 14.2. The fourth-order valence-electron chi connectivity index (χ4n) is 4.24. The molecule has 1 N–H and O–H groups in total. The topological polar surface area (TPSA) is 78.5 Å². The summed E-state index contributed by atoms with van der Waals surface area (Å²) in [6.07, 6.45) is 9.80. The quantitative estimate of drug-likeness (QED) is 0.158. The minimum Gasteiger partial charge on any atom is -0.472 e. The number of nitrogens with one attached hydrogen (secondary N) is 1. The van der Waals surface area contributed by atoms with Crippen LogP contribution in [0, 0.1) is 24.1 Å². The molecule has 37 heavy (non-hydrogen) atoms. The Bertz CT molecular complexity index is 1420. The molecule has 0 saturated heterocycles. The van der Waals surface area contributed by atoms with Gasteiger partial charge in [-0.3, -0.25) is 4.90 Å². The minimum absolute atomic E-state index is 0.0148. The summed E-state index contributed by atoms with van der Waals surface area (Å²) in [4.78, 5) is 11.9. The average Bonchev–Trinajstić information content (AvgIpc) is 3.38. The molecule has 3 aromatic rings. The molecule has 0 radical (unpaired) electrons. The highest BCUT2D eigenvalue weighted by molar-refractivity contribution is 7.12. The van der Waals surface area contributed by atoms with Crippen LogP contribution < -0.4 is 5.32 Å². The van der Waals surface area contributed by atoms with Gasteiger partial charge in [-0.1, -0.05) is 23.8 Å². The average molecular weight is 519 g/mol. The molecule has 1 aliphatic rings. The van der Waals surface area contributed by atoms with E-state index >= 15 is 0 Å². The zero-order valence-electron chi connectivity index (χ0n) is 21.4. The molecule has 0 spiro atoms. The third-order valence-corrected chi connectivity index (χ3v) is 7.66. The first-order valence-corrected chi connectivity index (χ1v) is 12.9. The second-order valence-corrected chi connectivity index (χ2v) is 9.98. The van der Waals surface area contributed by atoms with Crippen molar-refractivity contribution in [3.8, 4) is 6.07 Å². The maximum absolute atomic E-state index is 14.2. The molecular weight excluding hydrogens is 487 g/mol. The summed E-state index contributed by atoms with van der Waals surface area (Å²) in [6.45, 7) is 7.83. The van der Waals surface area contributed by atoms with Crippen LogP contribution in [-0.4, -0.2) is 41.3 Å². The van der Waals surface area contributed by atoms with Crippen LogP contribution in [0.15, 0.2) is 59.0 Å². The van der Waals surface area contributed by atoms with Gasteiger partial charge in [-0.25, -0.2) is 14.4 Å². The van der Waals surface area contributed by atoms with Crippen molar-refractivity contribution in [3.05, 3.63) is 80.9 Å². The SMILES string of the molecule is C=N/C(=C\C=C/CC1=CCN(Cc2nc3cc(NC)ccc3n2C)CC1)OCc1sc(C#N)c(C)c1F. The highest BCUT2D eigenvalue weighted by Crippen LogP contribution is 2.27. The monoisotopic (exact) mass is 518 g/mol. The van der Waals surface area contributed by atoms with Gasteiger partial charge in [0.15, 0.2) is 0 Å². The number of nitrogens with zero attached hydrogens (tertiary/aromatic N) is 5. The van der Waals surface area contributed by atoms with Crippen LogP contribution in [0.25, 0.3) is 11.0 Å². The Kier molecular flexibility index (Phi) is 8.54. The largest absolute Gasteiger partial charge is 0.472 e. The van der Waals surface area contributed by atoms with Crippen molar-refractivity contribution in [3.63, 3.8) is 0 Å². The smallest absolute Gasteiger partial charge is 0.212 e. The number of halogens is 1. The predicted molar refractivity (Wildman–Crippen MR) is 148 cm³/mol. The molecule has 0 fully saturated rings. The van der Waals surface area contributed by atoms with Gasteiger partial charge in [-0.15, -0.1) is 11.3 Å². The van der Waals surface area contributed by atoms with Crippen molar-refractivity contribution in [2.75, 3.05) is 25.5 Å². The van der Waals surface area contributed by atoms with E-state index < -0.39 is 5.82 Å². The fraction of sp³-hybridized carbons (Fsp3) is 0.321. The number of benzene rings is 1. The van der Waals surface area contributed by atoms with Gasteiger partial charge in [0.2, 0.25) is 5.88 Å². The summed E-state index contributed by atoms with van der Waals surface area (Å²) in [5, 5.41) is 12.2. The minimum atomic E-state index is -0.391. The maximum Gasteiger partial charge on any atom is 0.212 e. The van der Waals surface area contributed by atoms with Crippen molar-refractivity contribution in [2.24, 2.45) is 12.0 Å². The lowest BCUT2D eigenvalue weighted by Gasteiger charge is -2.25. The van der Waals surface area contributed by atoms with Gasteiger partial charge in [0.1, 0.15) is 29.2 Å². The van der Waals surface area contributed by atoms with Crippen LogP contribution in [0.2, 0.25) is 0 Å². The first kappa shape index (κ1) is 26.3. The molecule has 4 rings (SSSR count). The van der Waals surface area contributed by atoms with Crippen molar-refractivity contribution >= 4 is 34.8 Å². The van der Waals surface area contributed by atoms with Gasteiger partial charge in [-0.05, 0) is 50.8 Å². The number of allylic oxidation sites excluding steroid dienone is 3. The Morgan fingerprint density at radius 1 is 1.43 bits per heavy atom. The zero-order valence-corrected chi connectivity index (χ0v) is 22.2. The van der Waals surface area contributed by atoms with Crippen LogP contribution in [0.5, 0.6) is 0 Å². The van der Waals surface area contributed by atoms with Crippen molar-refractivity contribution in [2.45, 2.75) is 32.9 Å². The molecule has 0 aliphatic carbocycles. The van der Waals surface area contributed by atoms with Gasteiger partial charge in [0.25, 0.3) is 0 Å². The Labute approximate surface area is 220 Å². The van der Waals surface area contributed by atoms with Gasteiger partial charge < -0.3 is 14.6 Å². The summed E-state index contributed by atoms with van der Waals surface area (Å²) >= 11 is 1.10. The molecule has 2 aromatic heterocycles. The van der Waals surface area contributed by atoms with Crippen LogP contribution in [0.1, 0.15) is 34.0 Å². The van der Waals surface area contributed by atoms with Crippen LogP contribution in [0.4, 0.5) is 10.1 Å². The van der Waals surface area contributed by atoms with Crippen molar-refractivity contribution in [1.82, 2.24) is 14.5 Å². The molecule has 192 valence electrons. The van der Waals surface area contributed by atoms with Gasteiger partial charge >= 0.3 is 0 Å². The molecule has 1 aliphatic heterocycles. The molecule has 3 heterocycles. The molecule has 0 amide bonds. The number of fused-ring (bicyclic) bond motifs is 1. The van der Waals surface area contributed by atoms with E-state index in [1.807, 2.05) is 19.2 Å². The van der Waals surface area contributed by atoms with E-state index in [0.29, 0.717) is 21.2 Å². The highest BCUT2D eigenvalue weighted by atomic mass is 32.1. The number of thiophene rings is 1. The lowest BCUT2D eigenvalue weighted by atomic mass is 10.0. The highest BCUT2D eigenvalue weighted by Gasteiger charge is 2.16. The van der Waals surface area contributed by atoms with Crippen LogP contribution in [0.3, 0.4) is 0 Å². The molecular formula is C28H31FN6OS. The number of aromatic nitrogens is 2. The number of anilines is 1. The van der Waals surface area contributed by atoms with E-state index in [9.17, 15) is 4.39 Å². The molecule has 0 atom stereocenters. The predicted octanol–water partition coefficient (Wildman–Crippen LogP) is 5.83. The van der Waals surface area contributed by atoms with E-state index in [1.54, 1.807) is 13.0 Å². The Balaban J connectivity index is 1.28. The normalized spacial score (nSPS) is 14.7. The first-order chi connectivity index (χ1) is 17.9. The summed E-state index contributed by atoms with van der Waals surface area (Å²) in [7, 11) is 3.99. The van der Waals surface area contributed by atoms with Crippen molar-refractivity contribution < 1.29 is 9.13 Å². The number of aryl methyl sites for hydroxylation is 1. The molecule has 7 nitrogen and oxygen atoms in total. The summed E-state index contributed by atoms with van der Waals surface area (Å²) < 4.78 is 22.0. The van der Waals surface area contributed by atoms with Gasteiger partial charge in [0, 0.05) is 38.4 Å². The summed E-state index contributed by atoms with van der Waals surface area (Å²) in [5.74, 6) is 0.988. The van der Waals surface area contributed by atoms with E-state index in [-0.39, 0.29) is 6.61 Å². The lowest BCUT2D eigenvalue weighted by Crippen LogP contribution is -2.29. The molecule has 0 bridgehead atoms. The third-order valence-electron chi connectivity index (χ3n) is 6.52. The second-order valence-electron chi connectivity index (χ2n) is 8.88. The number of hydrogen-bond donors (Lipinski definition) is 1. The zero-order chi connectivity index (χ0) is 26.4. The fourth-order valence-corrected chi connectivity index (χ4v) is 5.13. The molecule has 1 aromatic carbocycles. The van der Waals surface area contributed by atoms with Crippen LogP contribution in [-0.2, 0) is 24.9 Å². The van der Waals surface area contributed by atoms with E-state index in [4.69, 9.17) is 15.0 Å². The molecule has 0 unspecified atom stereocenters. The van der Waals surface area contributed by atoms with Crippen molar-refractivity contribution in [1.29, 1.82) is 5.26 Å². The third kappa shape index (κ3) is 6.16. The Morgan fingerprint density at radius 3 is 2.95 bits per heavy atom. The standard InChI is InChI=1S/C28H31FN6OS/c1-19-24(16-30)37-25(28(19)29)18-36-27(32-3)8-6-5-7-20-11-13-35(14-12-20)17-26-33-22-15-21(31-2)9-10-23(22)34(26)4/h5-6,8-11,15,31H,3,7,12-14,17-18H2,1-2,4H3/b6-5-,27-8+. The summed E-state index contributed by atoms with van der Waals surface area (Å²) in [5.41, 5.74) is 4.96. The number of nitriles is 1. The molecule has 9 heteroatoms. The number of imidazole rings is 1. The number of rotatable bonds is 10. The lowest BCUT2D eigenvalue weighted by molar-refractivity contribution is 0.197. The van der Waals surface area contributed by atoms with E-state index in [2.05, 4.69) is 63.9 Å². The number of ether oxygens (including phenoxy) is 1. The Hall–Kier alpha value is -3.74. The summed E-state index contributed by atoms with van der Waals surface area (Å²) in [6, 6.07) is 8.27. The second kappa shape index (κ2) is 12.0. The molecule has 0 saturated carbocycles.